The summed E-state index contributed by atoms with van der Waals surface area (Å²) in [4.78, 5) is 37.6. The fourth-order valence-corrected chi connectivity index (χ4v) is 7.45. The number of pyridine rings is 2. The summed E-state index contributed by atoms with van der Waals surface area (Å²) in [5.74, 6) is 1.91. The molecule has 4 aliphatic heterocycles. The molecule has 53 heavy (non-hydrogen) atoms. The van der Waals surface area contributed by atoms with E-state index in [1.807, 2.05) is 54.6 Å². The van der Waals surface area contributed by atoms with E-state index in [0.29, 0.717) is 16.9 Å². The monoisotopic (exact) mass is 753 g/mol. The van der Waals surface area contributed by atoms with E-state index in [4.69, 9.17) is 43.0 Å². The molecular weight excluding hydrogens is 717 g/mol. The van der Waals surface area contributed by atoms with Crippen molar-refractivity contribution in [2.45, 2.75) is 31.0 Å². The van der Waals surface area contributed by atoms with Gasteiger partial charge in [0, 0.05) is 53.4 Å². The van der Waals surface area contributed by atoms with Crippen LogP contribution in [0, 0.1) is 0 Å². The maximum Gasteiger partial charge on any atom is 0.329 e. The third kappa shape index (κ3) is 7.51. The third-order valence-electron chi connectivity index (χ3n) is 9.64. The number of fused-ring (bicyclic) bond motifs is 8. The normalized spacial score (nSPS) is 18.3. The molecule has 272 valence electrons. The zero-order valence-electron chi connectivity index (χ0n) is 28.6. The van der Waals surface area contributed by atoms with E-state index in [9.17, 15) is 9.90 Å². The first kappa shape index (κ1) is 34.9. The fourth-order valence-electron chi connectivity index (χ4n) is 7.07. The Balaban J connectivity index is 0.000000176. The number of aliphatic hydroxyl groups excluding tert-OH is 2. The minimum absolute atomic E-state index is 0.0262. The molecule has 9 rings (SSSR count). The van der Waals surface area contributed by atoms with Gasteiger partial charge in [0.1, 0.15) is 12.7 Å². The molecule has 15 heteroatoms. The smallest absolute Gasteiger partial charge is 0.329 e. The standard InChI is InChI=1S/C23H23ClN6O4.C15H14ClN3/c24-15-3-1-2-14(8-15)18-4-5-19-22(26-18)30(16-6-7-29(19)11-16)23(33)28-20-9-25-10-21(27-20)34-13-17(32)12-31;16-11-3-1-2-10(8-11)13-4-5-14-15(18-13)17-12-6-7-19(14)9-12/h1-5,8-10,16-17,31-32H,6-7,11-13H2,(H,27,28,33);1-5,8,12H,6-7,9H2,(H,17,18)/t16-,17?;12-/m00/s1. The van der Waals surface area contributed by atoms with E-state index < -0.39 is 12.7 Å². The Labute approximate surface area is 316 Å². The van der Waals surface area contributed by atoms with Gasteiger partial charge in [0.05, 0.1) is 47.8 Å². The molecule has 0 radical (unpaired) electrons. The molecule has 1 unspecified atom stereocenters. The summed E-state index contributed by atoms with van der Waals surface area (Å²) in [6.07, 6.45) is 3.76. The second kappa shape index (κ2) is 15.0. The highest BCUT2D eigenvalue weighted by molar-refractivity contribution is 6.31. The van der Waals surface area contributed by atoms with Crippen molar-refractivity contribution in [1.82, 2.24) is 19.9 Å². The number of rotatable bonds is 7. The summed E-state index contributed by atoms with van der Waals surface area (Å²) in [6.45, 7) is 3.23. The van der Waals surface area contributed by atoms with Crippen molar-refractivity contribution < 1.29 is 19.7 Å². The number of benzene rings is 2. The zero-order valence-corrected chi connectivity index (χ0v) is 30.1. The molecule has 2 saturated heterocycles. The van der Waals surface area contributed by atoms with Crippen LogP contribution in [-0.2, 0) is 0 Å². The van der Waals surface area contributed by atoms with Crippen LogP contribution in [-0.4, -0.2) is 93.8 Å². The average Bonchev–Trinajstić information content (AvgIpc) is 3.78. The van der Waals surface area contributed by atoms with Gasteiger partial charge in [-0.05, 0) is 61.4 Å². The van der Waals surface area contributed by atoms with Crippen LogP contribution in [0.1, 0.15) is 12.8 Å². The molecule has 3 atom stereocenters. The number of carbonyl (C=O) groups excluding carboxylic acids is 1. The largest absolute Gasteiger partial charge is 0.474 e. The van der Waals surface area contributed by atoms with Gasteiger partial charge < -0.3 is 30.1 Å². The summed E-state index contributed by atoms with van der Waals surface area (Å²) in [5, 5.41) is 26.1. The number of carbonyl (C=O) groups is 1. The summed E-state index contributed by atoms with van der Waals surface area (Å²) in [5.41, 5.74) is 5.74. The Hall–Kier alpha value is -5.21. The fraction of sp³-hybridized carbons (Fsp3) is 0.289. The van der Waals surface area contributed by atoms with Gasteiger partial charge in [-0.1, -0.05) is 47.5 Å². The van der Waals surface area contributed by atoms with Crippen molar-refractivity contribution in [3.8, 4) is 28.4 Å². The number of hydrogen-bond donors (Lipinski definition) is 4. The lowest BCUT2D eigenvalue weighted by atomic mass is 10.1. The Kier molecular flexibility index (Phi) is 9.88. The lowest BCUT2D eigenvalue weighted by Gasteiger charge is -2.35. The van der Waals surface area contributed by atoms with Crippen molar-refractivity contribution >= 4 is 58.1 Å². The molecule has 4 bridgehead atoms. The number of nitrogens with one attached hydrogen (secondary N) is 2. The molecule has 2 aromatic carbocycles. The number of hydrogen-bond acceptors (Lipinski definition) is 11. The molecule has 2 amide bonds. The molecule has 5 aromatic rings. The van der Waals surface area contributed by atoms with Gasteiger partial charge in [-0.3, -0.25) is 15.2 Å². The van der Waals surface area contributed by atoms with Gasteiger partial charge in [0.25, 0.3) is 0 Å². The van der Waals surface area contributed by atoms with Gasteiger partial charge in [-0.25, -0.2) is 14.8 Å². The van der Waals surface area contributed by atoms with Gasteiger partial charge >= 0.3 is 6.03 Å². The maximum atomic E-state index is 13.4. The highest BCUT2D eigenvalue weighted by Crippen LogP contribution is 2.41. The van der Waals surface area contributed by atoms with Crippen LogP contribution in [0.15, 0.2) is 85.2 Å². The van der Waals surface area contributed by atoms with Gasteiger partial charge in [-0.2, -0.15) is 4.98 Å². The first-order valence-corrected chi connectivity index (χ1v) is 18.2. The quantitative estimate of drug-likeness (QED) is 0.156. The van der Waals surface area contributed by atoms with Crippen LogP contribution in [0.2, 0.25) is 10.0 Å². The van der Waals surface area contributed by atoms with Crippen molar-refractivity contribution in [3.63, 3.8) is 0 Å². The number of nitrogens with zero attached hydrogens (tertiary/aromatic N) is 7. The Morgan fingerprint density at radius 1 is 0.887 bits per heavy atom. The zero-order chi connectivity index (χ0) is 36.5. The maximum absolute atomic E-state index is 13.4. The predicted octanol–water partition coefficient (Wildman–Crippen LogP) is 5.96. The van der Waals surface area contributed by atoms with Crippen LogP contribution in [0.4, 0.5) is 33.6 Å². The molecular formula is C38H37Cl2N9O4. The summed E-state index contributed by atoms with van der Waals surface area (Å²) >= 11 is 12.2. The minimum atomic E-state index is -1.03. The molecule has 2 fully saturated rings. The molecule has 0 saturated carbocycles. The number of aromatic nitrogens is 4. The number of amides is 2. The molecule has 7 heterocycles. The van der Waals surface area contributed by atoms with E-state index in [2.05, 4.69) is 42.5 Å². The molecule has 13 nitrogen and oxygen atoms in total. The van der Waals surface area contributed by atoms with Gasteiger partial charge in [0.15, 0.2) is 17.5 Å². The molecule has 0 aliphatic carbocycles. The number of aliphatic hydroxyl groups is 2. The SMILES string of the molecule is Clc1cccc(-c2ccc3c(n2)N[C@H]2CCN3C2)c1.O=C(Nc1cncc(OCC(O)CO)n1)N1c2nc(-c3cccc(Cl)c3)ccc2N2CC[C@H]1C2. The first-order valence-electron chi connectivity index (χ1n) is 17.5. The van der Waals surface area contributed by atoms with Gasteiger partial charge in [0.2, 0.25) is 5.88 Å². The lowest BCUT2D eigenvalue weighted by Crippen LogP contribution is -2.48. The van der Waals surface area contributed by atoms with E-state index in [1.54, 1.807) is 11.0 Å². The number of urea groups is 1. The summed E-state index contributed by atoms with van der Waals surface area (Å²) in [7, 11) is 0. The van der Waals surface area contributed by atoms with Gasteiger partial charge in [-0.15, -0.1) is 0 Å². The minimum Gasteiger partial charge on any atom is -0.474 e. The Morgan fingerprint density at radius 2 is 1.58 bits per heavy atom. The average molecular weight is 755 g/mol. The van der Waals surface area contributed by atoms with E-state index in [-0.39, 0.29) is 30.4 Å². The van der Waals surface area contributed by atoms with Crippen LogP contribution >= 0.6 is 23.2 Å². The third-order valence-corrected chi connectivity index (χ3v) is 10.1. The van der Waals surface area contributed by atoms with Crippen LogP contribution in [0.25, 0.3) is 22.5 Å². The highest BCUT2D eigenvalue weighted by Gasteiger charge is 2.40. The lowest BCUT2D eigenvalue weighted by molar-refractivity contribution is 0.0520. The Morgan fingerprint density at radius 3 is 2.32 bits per heavy atom. The Bertz CT molecular complexity index is 2140. The van der Waals surface area contributed by atoms with E-state index in [0.717, 1.165) is 71.6 Å². The molecule has 4 aliphatic rings. The first-order chi connectivity index (χ1) is 25.8. The van der Waals surface area contributed by atoms with Crippen LogP contribution < -0.4 is 30.1 Å². The second-order valence-electron chi connectivity index (χ2n) is 13.3. The summed E-state index contributed by atoms with van der Waals surface area (Å²) < 4.78 is 5.33. The number of anilines is 5. The second-order valence-corrected chi connectivity index (χ2v) is 14.2. The van der Waals surface area contributed by atoms with Crippen LogP contribution in [0.5, 0.6) is 5.88 Å². The van der Waals surface area contributed by atoms with E-state index in [1.165, 1.54) is 24.5 Å². The number of halogens is 2. The molecule has 4 N–H and O–H groups in total. The highest BCUT2D eigenvalue weighted by atomic mass is 35.5. The summed E-state index contributed by atoms with van der Waals surface area (Å²) in [6, 6.07) is 23.6. The molecule has 0 spiro atoms. The van der Waals surface area contributed by atoms with Crippen molar-refractivity contribution in [3.05, 3.63) is 95.2 Å². The molecule has 3 aromatic heterocycles. The number of ether oxygens (including phenoxy) is 1. The van der Waals surface area contributed by atoms with Crippen molar-refractivity contribution in [2.24, 2.45) is 0 Å². The predicted molar refractivity (Wildman–Crippen MR) is 206 cm³/mol. The topological polar surface area (TPSA) is 152 Å². The van der Waals surface area contributed by atoms with Crippen molar-refractivity contribution in [1.29, 1.82) is 0 Å². The van der Waals surface area contributed by atoms with Crippen LogP contribution in [0.3, 0.4) is 0 Å². The van der Waals surface area contributed by atoms with E-state index >= 15 is 0 Å². The van der Waals surface area contributed by atoms with Crippen molar-refractivity contribution in [2.75, 3.05) is 64.7 Å².